The molecule has 0 unspecified atom stereocenters. The minimum Gasteiger partial charge on any atom is -0.468 e. The van der Waals surface area contributed by atoms with Gasteiger partial charge in [-0.05, 0) is 36.9 Å². The van der Waals surface area contributed by atoms with Gasteiger partial charge in [0, 0.05) is 0 Å². The maximum Gasteiger partial charge on any atom is 0.120 e. The zero-order chi connectivity index (χ0) is 8.39. The van der Waals surface area contributed by atoms with Crippen molar-refractivity contribution in [3.05, 3.63) is 23.7 Å². The topological polar surface area (TPSA) is 25.2 Å². The van der Waals surface area contributed by atoms with Crippen LogP contribution in [0.2, 0.25) is 0 Å². The summed E-state index contributed by atoms with van der Waals surface area (Å²) in [6.45, 7) is 4.00. The molecule has 2 nitrogen and oxygen atoms in total. The van der Waals surface area contributed by atoms with Gasteiger partial charge in [0.1, 0.15) is 5.76 Å². The third-order valence-electron chi connectivity index (χ3n) is 2.33. The molecule has 1 heterocycles. The predicted molar refractivity (Wildman–Crippen MR) is 48.1 cm³/mol. The summed E-state index contributed by atoms with van der Waals surface area (Å²) in [7, 11) is 0. The fourth-order valence-corrected chi connectivity index (χ4v) is 1.49. The van der Waals surface area contributed by atoms with Crippen LogP contribution in [0.4, 0.5) is 0 Å². The Morgan fingerprint density at radius 3 is 3.08 bits per heavy atom. The highest BCUT2D eigenvalue weighted by molar-refractivity contribution is 5.25. The summed E-state index contributed by atoms with van der Waals surface area (Å²) in [5.74, 6) is 1.94. The number of rotatable bonds is 4. The van der Waals surface area contributed by atoms with E-state index >= 15 is 0 Å². The molecule has 2 rings (SSSR count). The zero-order valence-corrected chi connectivity index (χ0v) is 7.47. The van der Waals surface area contributed by atoms with E-state index in [1.54, 1.807) is 6.26 Å². The summed E-state index contributed by atoms with van der Waals surface area (Å²) in [6, 6.07) is 2.12. The minimum absolute atomic E-state index is 0.803. The van der Waals surface area contributed by atoms with Gasteiger partial charge in [0.15, 0.2) is 0 Å². The summed E-state index contributed by atoms with van der Waals surface area (Å²) >= 11 is 0. The van der Waals surface area contributed by atoms with E-state index in [0.717, 1.165) is 24.8 Å². The smallest absolute Gasteiger partial charge is 0.120 e. The van der Waals surface area contributed by atoms with Gasteiger partial charge in [0.05, 0.1) is 12.8 Å². The summed E-state index contributed by atoms with van der Waals surface area (Å²) in [5.41, 5.74) is 1.43. The third-order valence-corrected chi connectivity index (χ3v) is 2.33. The Balaban J connectivity index is 2.03. The standard InChI is InChI=1S/C10H15NO/c1-2-11-7-10-9(5-6-12-10)8-3-4-8/h5-6,8,11H,2-4,7H2,1H3. The van der Waals surface area contributed by atoms with Gasteiger partial charge in [0.2, 0.25) is 0 Å². The minimum atomic E-state index is 0.803. The van der Waals surface area contributed by atoms with Crippen molar-refractivity contribution in [3.63, 3.8) is 0 Å². The molecular formula is C10H15NO. The maximum atomic E-state index is 5.41. The molecular weight excluding hydrogens is 150 g/mol. The van der Waals surface area contributed by atoms with Gasteiger partial charge in [-0.2, -0.15) is 0 Å². The molecule has 1 aliphatic carbocycles. The molecule has 1 aromatic heterocycles. The van der Waals surface area contributed by atoms with Gasteiger partial charge < -0.3 is 9.73 Å². The van der Waals surface area contributed by atoms with E-state index in [1.165, 1.54) is 18.4 Å². The van der Waals surface area contributed by atoms with Crippen LogP contribution in [0, 0.1) is 0 Å². The molecule has 2 heteroatoms. The Labute approximate surface area is 73.0 Å². The molecule has 0 atom stereocenters. The molecule has 1 fully saturated rings. The summed E-state index contributed by atoms with van der Waals surface area (Å²) in [6.07, 6.45) is 4.50. The van der Waals surface area contributed by atoms with E-state index in [4.69, 9.17) is 4.42 Å². The number of hydrogen-bond donors (Lipinski definition) is 1. The maximum absolute atomic E-state index is 5.41. The molecule has 0 aliphatic heterocycles. The Hall–Kier alpha value is -0.760. The van der Waals surface area contributed by atoms with Crippen molar-refractivity contribution in [2.75, 3.05) is 6.54 Å². The fraction of sp³-hybridized carbons (Fsp3) is 0.600. The number of hydrogen-bond acceptors (Lipinski definition) is 2. The first-order chi connectivity index (χ1) is 5.92. The molecule has 0 bridgehead atoms. The largest absolute Gasteiger partial charge is 0.468 e. The Morgan fingerprint density at radius 1 is 1.58 bits per heavy atom. The molecule has 1 aliphatic rings. The molecule has 0 amide bonds. The van der Waals surface area contributed by atoms with Gasteiger partial charge in [-0.15, -0.1) is 0 Å². The van der Waals surface area contributed by atoms with E-state index in [-0.39, 0.29) is 0 Å². The molecule has 1 saturated carbocycles. The van der Waals surface area contributed by atoms with Crippen LogP contribution < -0.4 is 5.32 Å². The zero-order valence-electron chi connectivity index (χ0n) is 7.47. The molecule has 1 N–H and O–H groups in total. The van der Waals surface area contributed by atoms with Crippen LogP contribution >= 0.6 is 0 Å². The van der Waals surface area contributed by atoms with Gasteiger partial charge in [0.25, 0.3) is 0 Å². The molecule has 0 aromatic carbocycles. The quantitative estimate of drug-likeness (QED) is 0.740. The summed E-state index contributed by atoms with van der Waals surface area (Å²) in [5, 5.41) is 3.28. The van der Waals surface area contributed by atoms with Crippen LogP contribution in [0.25, 0.3) is 0 Å². The van der Waals surface area contributed by atoms with E-state index < -0.39 is 0 Å². The highest BCUT2D eigenvalue weighted by atomic mass is 16.3. The van der Waals surface area contributed by atoms with E-state index in [2.05, 4.69) is 18.3 Å². The van der Waals surface area contributed by atoms with Crippen LogP contribution in [0.5, 0.6) is 0 Å². The lowest BCUT2D eigenvalue weighted by Gasteiger charge is -2.00. The third kappa shape index (κ3) is 1.53. The summed E-state index contributed by atoms with van der Waals surface area (Å²) < 4.78 is 5.41. The number of furan rings is 1. The lowest BCUT2D eigenvalue weighted by molar-refractivity contribution is 0.483. The van der Waals surface area contributed by atoms with Crippen LogP contribution in [-0.4, -0.2) is 6.54 Å². The predicted octanol–water partition coefficient (Wildman–Crippen LogP) is 2.27. The molecule has 0 radical (unpaired) electrons. The molecule has 1 aromatic rings. The van der Waals surface area contributed by atoms with E-state index in [9.17, 15) is 0 Å². The average Bonchev–Trinajstić information content (AvgIpc) is 2.83. The second kappa shape index (κ2) is 3.31. The Bertz CT molecular complexity index is 250. The Morgan fingerprint density at radius 2 is 2.42 bits per heavy atom. The highest BCUT2D eigenvalue weighted by Crippen LogP contribution is 2.41. The molecule has 0 saturated heterocycles. The van der Waals surface area contributed by atoms with Crippen LogP contribution in [0.15, 0.2) is 16.7 Å². The highest BCUT2D eigenvalue weighted by Gasteiger charge is 2.27. The first-order valence-corrected chi connectivity index (χ1v) is 4.68. The first kappa shape index (κ1) is 7.87. The second-order valence-electron chi connectivity index (χ2n) is 3.35. The van der Waals surface area contributed by atoms with Gasteiger partial charge >= 0.3 is 0 Å². The van der Waals surface area contributed by atoms with Gasteiger partial charge in [-0.3, -0.25) is 0 Å². The van der Waals surface area contributed by atoms with Crippen LogP contribution in [0.1, 0.15) is 37.0 Å². The van der Waals surface area contributed by atoms with Crippen molar-refractivity contribution in [2.45, 2.75) is 32.2 Å². The lowest BCUT2D eigenvalue weighted by atomic mass is 10.1. The van der Waals surface area contributed by atoms with Crippen LogP contribution in [-0.2, 0) is 6.54 Å². The average molecular weight is 165 g/mol. The van der Waals surface area contributed by atoms with Crippen molar-refractivity contribution in [1.29, 1.82) is 0 Å². The second-order valence-corrected chi connectivity index (χ2v) is 3.35. The van der Waals surface area contributed by atoms with Crippen LogP contribution in [0.3, 0.4) is 0 Å². The SMILES string of the molecule is CCNCc1occc1C1CC1. The van der Waals surface area contributed by atoms with Gasteiger partial charge in [-0.25, -0.2) is 0 Å². The molecule has 66 valence electrons. The van der Waals surface area contributed by atoms with Crippen molar-refractivity contribution in [2.24, 2.45) is 0 Å². The normalized spacial score (nSPS) is 16.8. The van der Waals surface area contributed by atoms with Crippen molar-refractivity contribution >= 4 is 0 Å². The van der Waals surface area contributed by atoms with E-state index in [0.29, 0.717) is 0 Å². The van der Waals surface area contributed by atoms with Crippen molar-refractivity contribution in [1.82, 2.24) is 5.32 Å². The van der Waals surface area contributed by atoms with Gasteiger partial charge in [-0.1, -0.05) is 6.92 Å². The number of nitrogens with one attached hydrogen (secondary N) is 1. The summed E-state index contributed by atoms with van der Waals surface area (Å²) in [4.78, 5) is 0. The van der Waals surface area contributed by atoms with E-state index in [1.807, 2.05) is 0 Å². The Kier molecular flexibility index (Phi) is 2.17. The van der Waals surface area contributed by atoms with Crippen molar-refractivity contribution in [3.8, 4) is 0 Å². The monoisotopic (exact) mass is 165 g/mol. The fourth-order valence-electron chi connectivity index (χ4n) is 1.49. The lowest BCUT2D eigenvalue weighted by Crippen LogP contribution is -2.12. The molecule has 0 spiro atoms. The first-order valence-electron chi connectivity index (χ1n) is 4.68. The van der Waals surface area contributed by atoms with Crippen molar-refractivity contribution < 1.29 is 4.42 Å². The molecule has 12 heavy (non-hydrogen) atoms.